The Morgan fingerprint density at radius 2 is 1.97 bits per heavy atom. The number of thiazole rings is 1. The van der Waals surface area contributed by atoms with Gasteiger partial charge in [-0.1, -0.05) is 12.1 Å². The van der Waals surface area contributed by atoms with Crippen molar-refractivity contribution in [2.45, 2.75) is 44.6 Å². The van der Waals surface area contributed by atoms with Gasteiger partial charge in [-0.25, -0.2) is 4.98 Å². The van der Waals surface area contributed by atoms with Crippen molar-refractivity contribution in [3.8, 4) is 11.9 Å². The molecular weight excluding hydrogens is 482 g/mol. The number of amides is 1. The molecule has 0 atom stereocenters. The lowest BCUT2D eigenvalue weighted by atomic mass is 9.77. The van der Waals surface area contributed by atoms with E-state index in [0.717, 1.165) is 37.1 Å². The summed E-state index contributed by atoms with van der Waals surface area (Å²) in [4.78, 5) is 38.6. The minimum atomic E-state index is -0.721. The average molecular weight is 510 g/mol. The van der Waals surface area contributed by atoms with Gasteiger partial charge in [0.25, 0.3) is 5.91 Å². The molecule has 36 heavy (non-hydrogen) atoms. The van der Waals surface area contributed by atoms with E-state index in [4.69, 9.17) is 20.3 Å². The third-order valence-electron chi connectivity index (χ3n) is 6.71. The van der Waals surface area contributed by atoms with Crippen molar-refractivity contribution in [1.29, 1.82) is 0 Å². The number of nitrogens with two attached hydrogens (primary N) is 1. The Morgan fingerprint density at radius 1 is 1.19 bits per heavy atom. The molecule has 0 bridgehead atoms. The number of carboxylic acid groups (broad SMARTS) is 1. The molecule has 10 nitrogen and oxygen atoms in total. The number of nitrogens with zero attached hydrogens (tertiary/aromatic N) is 4. The van der Waals surface area contributed by atoms with Crippen LogP contribution in [0.3, 0.4) is 0 Å². The first-order valence-electron chi connectivity index (χ1n) is 11.9. The first kappa shape index (κ1) is 24.0. The Hall–Kier alpha value is -3.73. The van der Waals surface area contributed by atoms with Crippen molar-refractivity contribution in [3.05, 3.63) is 52.0 Å². The Balaban J connectivity index is 1.28. The molecule has 0 radical (unpaired) electrons. The predicted molar refractivity (Wildman–Crippen MR) is 133 cm³/mol. The van der Waals surface area contributed by atoms with E-state index >= 15 is 0 Å². The van der Waals surface area contributed by atoms with Crippen molar-refractivity contribution < 1.29 is 24.2 Å². The number of nitrogen functional groups attached to an aromatic ring is 1. The molecular formula is C25H27N5O5S. The molecule has 3 N–H and O–H groups in total. The van der Waals surface area contributed by atoms with Crippen molar-refractivity contribution in [2.75, 3.05) is 23.8 Å². The molecule has 3 aromatic rings. The van der Waals surface area contributed by atoms with E-state index in [2.05, 4.69) is 15.0 Å². The molecule has 1 aliphatic heterocycles. The van der Waals surface area contributed by atoms with Crippen LogP contribution in [0.1, 0.15) is 59.6 Å². The number of fused-ring (bicyclic) bond motifs is 1. The number of benzene rings is 1. The van der Waals surface area contributed by atoms with Crippen molar-refractivity contribution in [1.82, 2.24) is 15.0 Å². The Labute approximate surface area is 212 Å². The van der Waals surface area contributed by atoms with E-state index in [1.807, 2.05) is 29.6 Å². The number of hydrogen-bond donors (Lipinski definition) is 2. The smallest absolute Gasteiger partial charge is 0.322 e. The quantitative estimate of drug-likeness (QED) is 0.485. The second kappa shape index (κ2) is 10.5. The van der Waals surface area contributed by atoms with Crippen LogP contribution in [0.5, 0.6) is 11.9 Å². The maximum atomic E-state index is 13.4. The summed E-state index contributed by atoms with van der Waals surface area (Å²) in [5, 5.41) is 10.9. The van der Waals surface area contributed by atoms with E-state index in [0.29, 0.717) is 12.5 Å². The van der Waals surface area contributed by atoms with Crippen LogP contribution in [-0.4, -0.2) is 45.1 Å². The number of ether oxygens (including phenoxy) is 2. The molecule has 0 unspecified atom stereocenters. The first-order chi connectivity index (χ1) is 17.5. The van der Waals surface area contributed by atoms with Gasteiger partial charge in [-0.05, 0) is 55.2 Å². The van der Waals surface area contributed by atoms with Gasteiger partial charge in [-0.15, -0.1) is 11.3 Å². The average Bonchev–Trinajstić information content (AvgIpc) is 3.33. The number of aliphatic carboxylic acids is 1. The van der Waals surface area contributed by atoms with E-state index in [1.165, 1.54) is 16.9 Å². The first-order valence-corrected chi connectivity index (χ1v) is 12.9. The third kappa shape index (κ3) is 5.25. The fourth-order valence-electron chi connectivity index (χ4n) is 4.84. The molecule has 11 heteroatoms. The summed E-state index contributed by atoms with van der Waals surface area (Å²) >= 11 is 1.46. The molecule has 1 aromatic carbocycles. The minimum Gasteiger partial charge on any atom is -0.481 e. The second-order valence-electron chi connectivity index (χ2n) is 9.05. The predicted octanol–water partition coefficient (Wildman–Crippen LogP) is 3.88. The molecule has 188 valence electrons. The summed E-state index contributed by atoms with van der Waals surface area (Å²) in [6.45, 7) is 0.773. The molecule has 3 heterocycles. The molecule has 0 spiro atoms. The monoisotopic (exact) mass is 509 g/mol. The highest BCUT2D eigenvalue weighted by Crippen LogP contribution is 2.38. The number of anilines is 2. The maximum absolute atomic E-state index is 13.4. The normalized spacial score (nSPS) is 19.8. The summed E-state index contributed by atoms with van der Waals surface area (Å²) in [5.74, 6) is -0.273. The van der Waals surface area contributed by atoms with Gasteiger partial charge in [0.15, 0.2) is 0 Å². The highest BCUT2D eigenvalue weighted by Gasteiger charge is 2.30. The van der Waals surface area contributed by atoms with E-state index in [-0.39, 0.29) is 54.7 Å². The lowest BCUT2D eigenvalue weighted by Crippen LogP contribution is -2.32. The zero-order valence-corrected chi connectivity index (χ0v) is 20.4. The highest BCUT2D eigenvalue weighted by molar-refractivity contribution is 7.07. The molecule has 1 saturated carbocycles. The van der Waals surface area contributed by atoms with Crippen molar-refractivity contribution >= 4 is 34.7 Å². The molecule has 2 aliphatic rings. The van der Waals surface area contributed by atoms with Gasteiger partial charge >= 0.3 is 12.0 Å². The highest BCUT2D eigenvalue weighted by atomic mass is 32.1. The van der Waals surface area contributed by atoms with Crippen LogP contribution in [0.2, 0.25) is 0 Å². The maximum Gasteiger partial charge on any atom is 0.322 e. The van der Waals surface area contributed by atoms with E-state index in [1.54, 1.807) is 10.4 Å². The van der Waals surface area contributed by atoms with Gasteiger partial charge in [0.1, 0.15) is 24.6 Å². The topological polar surface area (TPSA) is 141 Å². The molecule has 2 aromatic heterocycles. The van der Waals surface area contributed by atoms with Gasteiger partial charge < -0.3 is 25.2 Å². The molecule has 0 saturated heterocycles. The summed E-state index contributed by atoms with van der Waals surface area (Å²) in [6, 6.07) is 8.00. The summed E-state index contributed by atoms with van der Waals surface area (Å²) in [7, 11) is 0. The molecule has 1 fully saturated rings. The fraction of sp³-hybridized carbons (Fsp3) is 0.400. The van der Waals surface area contributed by atoms with Gasteiger partial charge in [-0.2, -0.15) is 9.97 Å². The molecule has 1 amide bonds. The Bertz CT molecular complexity index is 1230. The van der Waals surface area contributed by atoms with Crippen LogP contribution in [0.4, 0.5) is 11.5 Å². The third-order valence-corrected chi connectivity index (χ3v) is 7.35. The van der Waals surface area contributed by atoms with Crippen molar-refractivity contribution in [3.63, 3.8) is 0 Å². The summed E-state index contributed by atoms with van der Waals surface area (Å²) < 4.78 is 11.3. The number of aromatic nitrogens is 3. The van der Waals surface area contributed by atoms with Gasteiger partial charge in [0, 0.05) is 17.5 Å². The summed E-state index contributed by atoms with van der Waals surface area (Å²) in [5.41, 5.74) is 10.7. The lowest BCUT2D eigenvalue weighted by molar-refractivity contribution is -0.138. The lowest BCUT2D eigenvalue weighted by Gasteiger charge is -2.28. The number of carbonyl (C=O) groups is 2. The van der Waals surface area contributed by atoms with Gasteiger partial charge in [0.05, 0.1) is 17.7 Å². The Kier molecular flexibility index (Phi) is 6.99. The molecule has 1 aliphatic carbocycles. The largest absolute Gasteiger partial charge is 0.481 e. The standard InChI is InChI=1S/C25H27N5O5S/c26-22-21-23(29-25(28-22)35-12-18-13-36-14-27-18)34-10-9-30(24(21)33)19-7-5-17(6-8-19)16-3-1-15(2-4-16)11-20(31)32/h5-8,13-16H,1-4,9-12H2,(H,31,32)(H2,26,28,29). The van der Waals surface area contributed by atoms with Crippen LogP contribution >= 0.6 is 11.3 Å². The number of carbonyl (C=O) groups excluding carboxylic acids is 1. The van der Waals surface area contributed by atoms with Crippen molar-refractivity contribution in [2.24, 2.45) is 5.92 Å². The van der Waals surface area contributed by atoms with Crippen LogP contribution in [0, 0.1) is 5.92 Å². The SMILES string of the molecule is Nc1nc(OCc2cscn2)nc2c1C(=O)N(c1ccc(C3CCC(CC(=O)O)CC3)cc1)CCO2. The van der Waals surface area contributed by atoms with Crippen LogP contribution in [-0.2, 0) is 11.4 Å². The fourth-order valence-corrected chi connectivity index (χ4v) is 5.39. The number of rotatable bonds is 7. The van der Waals surface area contributed by atoms with Gasteiger partial charge in [-0.3, -0.25) is 9.59 Å². The second-order valence-corrected chi connectivity index (χ2v) is 9.77. The van der Waals surface area contributed by atoms with Gasteiger partial charge in [0.2, 0.25) is 5.88 Å². The minimum absolute atomic E-state index is 0.0000753. The van der Waals surface area contributed by atoms with Crippen LogP contribution in [0.25, 0.3) is 0 Å². The summed E-state index contributed by atoms with van der Waals surface area (Å²) in [6.07, 6.45) is 4.04. The molecule has 5 rings (SSSR count). The van der Waals surface area contributed by atoms with Crippen LogP contribution < -0.4 is 20.1 Å². The number of hydrogen-bond acceptors (Lipinski definition) is 9. The zero-order chi connectivity index (χ0) is 25.1. The van der Waals surface area contributed by atoms with Crippen LogP contribution in [0.15, 0.2) is 35.2 Å². The van der Waals surface area contributed by atoms with E-state index in [9.17, 15) is 9.59 Å². The Morgan fingerprint density at radius 3 is 2.67 bits per heavy atom. The number of carboxylic acids is 1. The zero-order valence-electron chi connectivity index (χ0n) is 19.6. The van der Waals surface area contributed by atoms with E-state index < -0.39 is 5.97 Å².